The first-order chi connectivity index (χ1) is 17.3. The summed E-state index contributed by atoms with van der Waals surface area (Å²) < 4.78 is 34.2. The lowest BCUT2D eigenvalue weighted by Crippen LogP contribution is -2.17. The molecule has 186 valence electrons. The number of hydrogen-bond donors (Lipinski definition) is 0. The van der Waals surface area contributed by atoms with Crippen molar-refractivity contribution < 1.29 is 22.7 Å². The maximum Gasteiger partial charge on any atom is 0.306 e. The van der Waals surface area contributed by atoms with E-state index in [0.717, 1.165) is 22.1 Å². The molecule has 0 amide bonds. The normalized spacial score (nSPS) is 11.5. The van der Waals surface area contributed by atoms with Crippen LogP contribution in [0.3, 0.4) is 0 Å². The van der Waals surface area contributed by atoms with Gasteiger partial charge in [-0.25, -0.2) is 12.4 Å². The lowest BCUT2D eigenvalue weighted by atomic mass is 9.99. The molecule has 3 aromatic carbocycles. The Bertz CT molecular complexity index is 1490. The summed E-state index contributed by atoms with van der Waals surface area (Å²) in [5.74, 6) is -0.529. The average molecular weight is 504 g/mol. The highest BCUT2D eigenvalue weighted by molar-refractivity contribution is 7.90. The van der Waals surface area contributed by atoms with E-state index in [1.54, 1.807) is 37.3 Å². The molecule has 0 radical (unpaired) electrons. The molecule has 0 aliphatic heterocycles. The largest absolute Gasteiger partial charge is 0.466 e. The Morgan fingerprint density at radius 1 is 0.833 bits per heavy atom. The van der Waals surface area contributed by atoms with E-state index in [1.807, 2.05) is 55.5 Å². The summed E-state index contributed by atoms with van der Waals surface area (Å²) in [6, 6.07) is 23.8. The minimum absolute atomic E-state index is 0.0167. The number of hydrogen-bond acceptors (Lipinski definition) is 5. The van der Waals surface area contributed by atoms with Gasteiger partial charge in [0.25, 0.3) is 10.0 Å². The highest BCUT2D eigenvalue weighted by atomic mass is 32.2. The van der Waals surface area contributed by atoms with Crippen LogP contribution in [0.1, 0.15) is 37.4 Å². The predicted octanol–water partition coefficient (Wildman–Crippen LogP) is 5.70. The second-order valence-corrected chi connectivity index (χ2v) is 10.4. The van der Waals surface area contributed by atoms with E-state index >= 15 is 0 Å². The van der Waals surface area contributed by atoms with Crippen LogP contribution in [-0.2, 0) is 30.8 Å². The summed E-state index contributed by atoms with van der Waals surface area (Å²) in [7, 11) is -3.95. The Hall–Kier alpha value is -3.71. The van der Waals surface area contributed by atoms with Crippen molar-refractivity contribution in [3.05, 3.63) is 90.1 Å². The maximum atomic E-state index is 14.0. The van der Waals surface area contributed by atoms with Crippen LogP contribution >= 0.6 is 0 Å². The lowest BCUT2D eigenvalue weighted by molar-refractivity contribution is -0.144. The van der Waals surface area contributed by atoms with Gasteiger partial charge in [-0.1, -0.05) is 66.2 Å². The van der Waals surface area contributed by atoms with Gasteiger partial charge in [0.05, 0.1) is 23.4 Å². The number of benzene rings is 3. The highest BCUT2D eigenvalue weighted by Gasteiger charge is 2.27. The van der Waals surface area contributed by atoms with E-state index < -0.39 is 16.0 Å². The van der Waals surface area contributed by atoms with Gasteiger partial charge in [-0.3, -0.25) is 9.59 Å². The molecule has 0 unspecified atom stereocenters. The van der Waals surface area contributed by atoms with E-state index in [0.29, 0.717) is 11.2 Å². The Balaban J connectivity index is 1.83. The fraction of sp³-hybridized carbons (Fsp3) is 0.241. The van der Waals surface area contributed by atoms with Crippen molar-refractivity contribution in [3.63, 3.8) is 0 Å². The third kappa shape index (κ3) is 5.26. The van der Waals surface area contributed by atoms with Crippen LogP contribution in [0, 0.1) is 6.92 Å². The molecular formula is C29H29NO5S. The molecule has 0 saturated carbocycles. The summed E-state index contributed by atoms with van der Waals surface area (Å²) in [6.45, 7) is 3.89. The number of ether oxygens (including phenoxy) is 1. The summed E-state index contributed by atoms with van der Waals surface area (Å²) in [4.78, 5) is 24.6. The van der Waals surface area contributed by atoms with Crippen molar-refractivity contribution in [1.82, 2.24) is 3.97 Å². The fourth-order valence-electron chi connectivity index (χ4n) is 4.37. The third-order valence-corrected chi connectivity index (χ3v) is 7.87. The third-order valence-electron chi connectivity index (χ3n) is 6.10. The Morgan fingerprint density at radius 3 is 2.19 bits per heavy atom. The van der Waals surface area contributed by atoms with E-state index in [9.17, 15) is 18.0 Å². The van der Waals surface area contributed by atoms with Crippen LogP contribution in [0.2, 0.25) is 0 Å². The standard InChI is InChI=1S/C29H29NO5S/c1-3-35-28(32)20-16-23(31)15-19-27-29(22-9-5-4-6-10-22)25-11-7-8-12-26(25)30(27)36(33,34)24-17-13-21(2)14-18-24/h4-14,17-18H,3,15-16,19-20H2,1-2H3. The molecular weight excluding hydrogens is 474 g/mol. The molecule has 6 nitrogen and oxygen atoms in total. The maximum absolute atomic E-state index is 14.0. The van der Waals surface area contributed by atoms with Gasteiger partial charge in [0, 0.05) is 29.5 Å². The van der Waals surface area contributed by atoms with Crippen molar-refractivity contribution in [1.29, 1.82) is 0 Å². The van der Waals surface area contributed by atoms with Crippen molar-refractivity contribution >= 4 is 32.7 Å². The SMILES string of the molecule is CCOC(=O)CCC(=O)CCc1c(-c2ccccc2)c2ccccc2n1S(=O)(=O)c1ccc(C)cc1. The zero-order valence-electron chi connectivity index (χ0n) is 20.4. The van der Waals surface area contributed by atoms with Gasteiger partial charge in [0.1, 0.15) is 5.78 Å². The Kier molecular flexibility index (Phi) is 7.70. The number of carbonyl (C=O) groups is 2. The molecule has 1 aromatic heterocycles. The first-order valence-electron chi connectivity index (χ1n) is 12.0. The zero-order valence-corrected chi connectivity index (χ0v) is 21.3. The van der Waals surface area contributed by atoms with Crippen LogP contribution in [-0.4, -0.2) is 30.7 Å². The molecule has 36 heavy (non-hydrogen) atoms. The van der Waals surface area contributed by atoms with Gasteiger partial charge < -0.3 is 4.74 Å². The summed E-state index contributed by atoms with van der Waals surface area (Å²) in [5, 5.41) is 0.799. The molecule has 4 rings (SSSR count). The van der Waals surface area contributed by atoms with Crippen molar-refractivity contribution in [3.8, 4) is 11.1 Å². The number of Topliss-reactive ketones (excluding diaryl/α,β-unsaturated/α-hetero) is 1. The summed E-state index contributed by atoms with van der Waals surface area (Å²) in [6.07, 6.45) is 0.401. The number of carbonyl (C=O) groups excluding carboxylic acids is 2. The van der Waals surface area contributed by atoms with Crippen LogP contribution in [0.4, 0.5) is 0 Å². The zero-order chi connectivity index (χ0) is 25.7. The summed E-state index contributed by atoms with van der Waals surface area (Å²) >= 11 is 0. The van der Waals surface area contributed by atoms with Crippen LogP contribution in [0.25, 0.3) is 22.0 Å². The van der Waals surface area contributed by atoms with Crippen LogP contribution in [0.5, 0.6) is 0 Å². The number of para-hydroxylation sites is 1. The molecule has 0 aliphatic carbocycles. The molecule has 0 N–H and O–H groups in total. The van der Waals surface area contributed by atoms with E-state index in [-0.39, 0.29) is 43.0 Å². The molecule has 0 spiro atoms. The van der Waals surface area contributed by atoms with E-state index in [4.69, 9.17) is 4.74 Å². The molecule has 0 aliphatic rings. The van der Waals surface area contributed by atoms with E-state index in [1.165, 1.54) is 3.97 Å². The monoisotopic (exact) mass is 503 g/mol. The number of rotatable bonds is 10. The second kappa shape index (κ2) is 10.9. The summed E-state index contributed by atoms with van der Waals surface area (Å²) in [5.41, 5.74) is 3.74. The van der Waals surface area contributed by atoms with Crippen LogP contribution in [0.15, 0.2) is 83.8 Å². The number of fused-ring (bicyclic) bond motifs is 1. The van der Waals surface area contributed by atoms with Gasteiger partial charge in [-0.05, 0) is 44.0 Å². The molecule has 0 saturated heterocycles. The predicted molar refractivity (Wildman–Crippen MR) is 140 cm³/mol. The lowest BCUT2D eigenvalue weighted by Gasteiger charge is -2.14. The van der Waals surface area contributed by atoms with Gasteiger partial charge in [-0.15, -0.1) is 0 Å². The van der Waals surface area contributed by atoms with Crippen LogP contribution < -0.4 is 0 Å². The number of aromatic nitrogens is 1. The second-order valence-electron chi connectivity index (χ2n) is 8.63. The molecule has 0 atom stereocenters. The molecule has 4 aromatic rings. The smallest absolute Gasteiger partial charge is 0.306 e. The first-order valence-corrected chi connectivity index (χ1v) is 13.4. The van der Waals surface area contributed by atoms with E-state index in [2.05, 4.69) is 0 Å². The highest BCUT2D eigenvalue weighted by Crippen LogP contribution is 2.38. The Labute approximate surface area is 211 Å². The number of esters is 1. The van der Waals surface area contributed by atoms with Gasteiger partial charge in [0.2, 0.25) is 0 Å². The first kappa shape index (κ1) is 25.4. The van der Waals surface area contributed by atoms with Gasteiger partial charge in [-0.2, -0.15) is 0 Å². The average Bonchev–Trinajstić information content (AvgIpc) is 3.22. The molecule has 0 bridgehead atoms. The molecule has 1 heterocycles. The van der Waals surface area contributed by atoms with Gasteiger partial charge in [0.15, 0.2) is 0 Å². The Morgan fingerprint density at radius 2 is 1.50 bits per heavy atom. The van der Waals surface area contributed by atoms with Crippen molar-refractivity contribution in [2.45, 2.75) is 44.4 Å². The topological polar surface area (TPSA) is 82.4 Å². The number of nitrogens with zero attached hydrogens (tertiary/aromatic N) is 1. The number of ketones is 1. The quantitative estimate of drug-likeness (QED) is 0.259. The molecule has 7 heteroatoms. The fourth-order valence-corrected chi connectivity index (χ4v) is 5.95. The minimum Gasteiger partial charge on any atom is -0.466 e. The molecule has 0 fully saturated rings. The van der Waals surface area contributed by atoms with Crippen molar-refractivity contribution in [2.24, 2.45) is 0 Å². The van der Waals surface area contributed by atoms with Gasteiger partial charge >= 0.3 is 5.97 Å². The number of aryl methyl sites for hydroxylation is 1. The van der Waals surface area contributed by atoms with Crippen molar-refractivity contribution in [2.75, 3.05) is 6.61 Å². The minimum atomic E-state index is -3.95.